The fourth-order valence-electron chi connectivity index (χ4n) is 4.30. The summed E-state index contributed by atoms with van der Waals surface area (Å²) in [6, 6.07) is 0. The average Bonchev–Trinajstić information content (AvgIpc) is 3.17. The molecule has 1 N–H and O–H groups in total. The van der Waals surface area contributed by atoms with Crippen LogP contribution in [0.15, 0.2) is 0 Å². The molecule has 1 saturated carbocycles. The highest BCUT2D eigenvalue weighted by molar-refractivity contribution is 5.80. The average molecular weight is 347 g/mol. The van der Waals surface area contributed by atoms with Crippen molar-refractivity contribution >= 4 is 11.9 Å². The Morgan fingerprint density at radius 3 is 2.68 bits per heavy atom. The number of hydrogen-bond donors (Lipinski definition) is 1. The van der Waals surface area contributed by atoms with E-state index in [1.807, 2.05) is 23.4 Å². The van der Waals surface area contributed by atoms with E-state index in [0.29, 0.717) is 18.9 Å². The van der Waals surface area contributed by atoms with E-state index in [1.54, 1.807) is 0 Å². The van der Waals surface area contributed by atoms with E-state index in [9.17, 15) is 14.7 Å². The van der Waals surface area contributed by atoms with E-state index in [0.717, 1.165) is 49.3 Å². The number of carbonyl (C=O) groups excluding carboxylic acids is 1. The Kier molecular flexibility index (Phi) is 4.64. The summed E-state index contributed by atoms with van der Waals surface area (Å²) >= 11 is 0. The first kappa shape index (κ1) is 18.0. The van der Waals surface area contributed by atoms with Crippen molar-refractivity contribution in [1.29, 1.82) is 0 Å². The Morgan fingerprint density at radius 2 is 2.08 bits per heavy atom. The van der Waals surface area contributed by atoms with Crippen LogP contribution in [-0.4, -0.2) is 44.8 Å². The number of rotatable bonds is 5. The lowest BCUT2D eigenvalue weighted by Gasteiger charge is -2.33. The third-order valence-electron chi connectivity index (χ3n) is 5.85. The van der Waals surface area contributed by atoms with Gasteiger partial charge in [-0.2, -0.15) is 5.10 Å². The second-order valence-corrected chi connectivity index (χ2v) is 8.28. The molecular formula is C19H29N3O3. The third-order valence-corrected chi connectivity index (χ3v) is 5.85. The molecule has 1 saturated heterocycles. The first-order valence-electron chi connectivity index (χ1n) is 9.27. The van der Waals surface area contributed by atoms with Gasteiger partial charge in [-0.3, -0.25) is 14.3 Å². The van der Waals surface area contributed by atoms with Crippen molar-refractivity contribution in [2.45, 2.75) is 59.9 Å². The van der Waals surface area contributed by atoms with Crippen LogP contribution < -0.4 is 0 Å². The predicted molar refractivity (Wildman–Crippen MR) is 94.2 cm³/mol. The number of amides is 1. The van der Waals surface area contributed by atoms with Gasteiger partial charge < -0.3 is 10.0 Å². The maximum absolute atomic E-state index is 12.8. The number of carbonyl (C=O) groups is 2. The fourth-order valence-corrected chi connectivity index (χ4v) is 4.30. The zero-order valence-electron chi connectivity index (χ0n) is 15.7. The Bertz CT molecular complexity index is 694. The van der Waals surface area contributed by atoms with Crippen LogP contribution in [0.2, 0.25) is 0 Å². The van der Waals surface area contributed by atoms with Gasteiger partial charge in [0.15, 0.2) is 0 Å². The van der Waals surface area contributed by atoms with Crippen molar-refractivity contribution in [3.8, 4) is 0 Å². The number of carboxylic acids is 1. The van der Waals surface area contributed by atoms with E-state index in [-0.39, 0.29) is 17.2 Å². The minimum atomic E-state index is -0.712. The maximum Gasteiger partial charge on any atom is 0.307 e. The minimum absolute atomic E-state index is 0.102. The Hall–Kier alpha value is -1.85. The molecule has 0 bridgehead atoms. The zero-order chi connectivity index (χ0) is 18.4. The fraction of sp³-hybridized carbons (Fsp3) is 0.737. The quantitative estimate of drug-likeness (QED) is 0.887. The van der Waals surface area contributed by atoms with Crippen LogP contribution in [0, 0.1) is 31.1 Å². The molecule has 25 heavy (non-hydrogen) atoms. The number of likely N-dealkylation sites (tertiary alicyclic amines) is 1. The number of carboxylic acid groups (broad SMARTS) is 1. The van der Waals surface area contributed by atoms with Crippen molar-refractivity contribution in [2.75, 3.05) is 13.1 Å². The largest absolute Gasteiger partial charge is 0.481 e. The van der Waals surface area contributed by atoms with E-state index < -0.39 is 5.97 Å². The van der Waals surface area contributed by atoms with E-state index in [1.165, 1.54) is 0 Å². The van der Waals surface area contributed by atoms with Crippen LogP contribution >= 0.6 is 0 Å². The van der Waals surface area contributed by atoms with E-state index in [4.69, 9.17) is 0 Å². The summed E-state index contributed by atoms with van der Waals surface area (Å²) in [5.41, 5.74) is 2.86. The first-order valence-corrected chi connectivity index (χ1v) is 9.27. The van der Waals surface area contributed by atoms with Gasteiger partial charge in [0.1, 0.15) is 0 Å². The van der Waals surface area contributed by atoms with E-state index >= 15 is 0 Å². The molecule has 1 aliphatic heterocycles. The second kappa shape index (κ2) is 6.46. The van der Waals surface area contributed by atoms with Gasteiger partial charge >= 0.3 is 5.97 Å². The molecule has 1 aromatic rings. The second-order valence-electron chi connectivity index (χ2n) is 8.28. The molecule has 0 aromatic carbocycles. The van der Waals surface area contributed by atoms with Crippen LogP contribution in [0.1, 0.15) is 50.1 Å². The molecule has 3 rings (SSSR count). The van der Waals surface area contributed by atoms with Crippen molar-refractivity contribution in [2.24, 2.45) is 17.3 Å². The lowest BCUT2D eigenvalue weighted by Crippen LogP contribution is -2.42. The Morgan fingerprint density at radius 1 is 1.36 bits per heavy atom. The molecule has 6 heteroatoms. The molecule has 1 aliphatic carbocycles. The standard InChI is InChI=1S/C19H29N3O3/c1-12(2)10-22-14(4)15(13(3)20-22)8-17(23)21-7-5-6-19(11-21)9-16(19)18(24)25/h12,16H,5-11H2,1-4H3,(H,24,25). The number of piperidine rings is 1. The smallest absolute Gasteiger partial charge is 0.307 e. The van der Waals surface area contributed by atoms with Crippen molar-refractivity contribution in [3.63, 3.8) is 0 Å². The molecule has 2 fully saturated rings. The zero-order valence-corrected chi connectivity index (χ0v) is 15.7. The number of hydrogen-bond acceptors (Lipinski definition) is 3. The molecule has 1 aromatic heterocycles. The molecule has 2 atom stereocenters. The molecule has 0 radical (unpaired) electrons. The number of aryl methyl sites for hydroxylation is 1. The highest BCUT2D eigenvalue weighted by Gasteiger charge is 2.60. The first-order chi connectivity index (χ1) is 11.7. The van der Waals surface area contributed by atoms with Gasteiger partial charge in [0.2, 0.25) is 5.91 Å². The van der Waals surface area contributed by atoms with E-state index in [2.05, 4.69) is 18.9 Å². The number of nitrogens with zero attached hydrogens (tertiary/aromatic N) is 3. The minimum Gasteiger partial charge on any atom is -0.481 e. The van der Waals surface area contributed by atoms with Crippen LogP contribution in [0.5, 0.6) is 0 Å². The monoisotopic (exact) mass is 347 g/mol. The summed E-state index contributed by atoms with van der Waals surface area (Å²) in [4.78, 5) is 26.0. The van der Waals surface area contributed by atoms with Crippen LogP contribution in [0.25, 0.3) is 0 Å². The Labute approximate surface area is 149 Å². The van der Waals surface area contributed by atoms with Crippen LogP contribution in [-0.2, 0) is 22.6 Å². The SMILES string of the molecule is Cc1nn(CC(C)C)c(C)c1CC(=O)N1CCCC2(CC2C(=O)O)C1. The molecule has 2 unspecified atom stereocenters. The highest BCUT2D eigenvalue weighted by atomic mass is 16.4. The lowest BCUT2D eigenvalue weighted by atomic mass is 9.91. The van der Waals surface area contributed by atoms with Gasteiger partial charge in [-0.1, -0.05) is 13.8 Å². The third kappa shape index (κ3) is 3.44. The van der Waals surface area contributed by atoms with Gasteiger partial charge in [0.25, 0.3) is 0 Å². The van der Waals surface area contributed by atoms with Gasteiger partial charge in [-0.05, 0) is 39.0 Å². The molecular weight excluding hydrogens is 318 g/mol. The van der Waals surface area contributed by atoms with Gasteiger partial charge in [0.05, 0.1) is 18.0 Å². The molecule has 1 spiro atoms. The molecule has 6 nitrogen and oxygen atoms in total. The molecule has 2 heterocycles. The molecule has 2 aliphatic rings. The van der Waals surface area contributed by atoms with Gasteiger partial charge in [0, 0.05) is 36.3 Å². The summed E-state index contributed by atoms with van der Waals surface area (Å²) in [7, 11) is 0. The van der Waals surface area contributed by atoms with Crippen molar-refractivity contribution in [1.82, 2.24) is 14.7 Å². The van der Waals surface area contributed by atoms with Gasteiger partial charge in [-0.15, -0.1) is 0 Å². The summed E-state index contributed by atoms with van der Waals surface area (Å²) < 4.78 is 2.00. The maximum atomic E-state index is 12.8. The van der Waals surface area contributed by atoms with Gasteiger partial charge in [-0.25, -0.2) is 0 Å². The predicted octanol–water partition coefficient (Wildman–Crippen LogP) is 2.41. The summed E-state index contributed by atoms with van der Waals surface area (Å²) in [5.74, 6) is -0.368. The van der Waals surface area contributed by atoms with Crippen LogP contribution in [0.4, 0.5) is 0 Å². The Balaban J connectivity index is 1.69. The summed E-state index contributed by atoms with van der Waals surface area (Å²) in [6.45, 7) is 10.5. The van der Waals surface area contributed by atoms with Crippen molar-refractivity contribution < 1.29 is 14.7 Å². The molecule has 1 amide bonds. The number of aromatic nitrogens is 2. The topological polar surface area (TPSA) is 75.4 Å². The van der Waals surface area contributed by atoms with Crippen LogP contribution in [0.3, 0.4) is 0 Å². The number of aliphatic carboxylic acids is 1. The lowest BCUT2D eigenvalue weighted by molar-refractivity contribution is -0.141. The molecule has 138 valence electrons. The van der Waals surface area contributed by atoms with Crippen molar-refractivity contribution in [3.05, 3.63) is 17.0 Å². The summed E-state index contributed by atoms with van der Waals surface area (Å²) in [6.07, 6.45) is 2.91. The summed E-state index contributed by atoms with van der Waals surface area (Å²) in [5, 5.41) is 13.9. The normalized spacial score (nSPS) is 25.6. The highest BCUT2D eigenvalue weighted by Crippen LogP contribution is 2.57.